The van der Waals surface area contributed by atoms with Crippen LogP contribution in [-0.2, 0) is 11.2 Å². The van der Waals surface area contributed by atoms with Crippen LogP contribution in [0.15, 0.2) is 64.6 Å². The van der Waals surface area contributed by atoms with Crippen molar-refractivity contribution in [3.8, 4) is 11.3 Å². The van der Waals surface area contributed by atoms with E-state index in [2.05, 4.69) is 42.9 Å². The number of aryl methyl sites for hydroxylation is 1. The summed E-state index contributed by atoms with van der Waals surface area (Å²) >= 11 is 5.03. The molecule has 2 aromatic heterocycles. The van der Waals surface area contributed by atoms with E-state index >= 15 is 0 Å². The molecule has 0 atom stereocenters. The highest BCUT2D eigenvalue weighted by molar-refractivity contribution is 9.10. The SMILES string of the molecule is Cc1csc2nc(-c3ccc(NC(=O)Cc4ccc(Br)cc4)cc3)cn12. The minimum absolute atomic E-state index is 0.0294. The van der Waals surface area contributed by atoms with Crippen LogP contribution in [0.3, 0.4) is 0 Å². The molecule has 0 saturated carbocycles. The predicted octanol–water partition coefficient (Wildman–Crippen LogP) is 5.31. The Morgan fingerprint density at radius 1 is 1.15 bits per heavy atom. The van der Waals surface area contributed by atoms with Gasteiger partial charge in [0.1, 0.15) is 0 Å². The molecule has 0 spiro atoms. The summed E-state index contributed by atoms with van der Waals surface area (Å²) in [7, 11) is 0. The second-order valence-corrected chi connectivity index (χ2v) is 7.84. The second-order valence-electron chi connectivity index (χ2n) is 6.08. The number of rotatable bonds is 4. The number of aromatic nitrogens is 2. The van der Waals surface area contributed by atoms with Gasteiger partial charge in [-0.1, -0.05) is 40.2 Å². The fraction of sp³-hybridized carbons (Fsp3) is 0.100. The maximum Gasteiger partial charge on any atom is 0.228 e. The quantitative estimate of drug-likeness (QED) is 0.481. The van der Waals surface area contributed by atoms with Gasteiger partial charge < -0.3 is 5.32 Å². The first kappa shape index (κ1) is 17.0. The van der Waals surface area contributed by atoms with Crippen molar-refractivity contribution in [1.29, 1.82) is 0 Å². The van der Waals surface area contributed by atoms with Crippen LogP contribution < -0.4 is 5.32 Å². The first-order valence-electron chi connectivity index (χ1n) is 8.16. The van der Waals surface area contributed by atoms with Crippen LogP contribution in [0.25, 0.3) is 16.2 Å². The number of carbonyl (C=O) groups is 1. The smallest absolute Gasteiger partial charge is 0.228 e. The van der Waals surface area contributed by atoms with Gasteiger partial charge in [-0.3, -0.25) is 9.20 Å². The Bertz CT molecular complexity index is 1060. The van der Waals surface area contributed by atoms with Crippen molar-refractivity contribution >= 4 is 43.8 Å². The number of amides is 1. The van der Waals surface area contributed by atoms with E-state index in [0.29, 0.717) is 6.42 Å². The maximum atomic E-state index is 12.2. The Balaban J connectivity index is 1.45. The van der Waals surface area contributed by atoms with E-state index in [4.69, 9.17) is 0 Å². The van der Waals surface area contributed by atoms with E-state index in [1.165, 1.54) is 5.69 Å². The van der Waals surface area contributed by atoms with Crippen LogP contribution in [0.2, 0.25) is 0 Å². The van der Waals surface area contributed by atoms with E-state index in [1.807, 2.05) is 54.7 Å². The summed E-state index contributed by atoms with van der Waals surface area (Å²) in [5.41, 5.74) is 4.92. The molecule has 2 aromatic carbocycles. The van der Waals surface area contributed by atoms with Crippen LogP contribution in [0.5, 0.6) is 0 Å². The molecule has 130 valence electrons. The van der Waals surface area contributed by atoms with Crippen molar-refractivity contribution in [2.75, 3.05) is 5.32 Å². The molecule has 0 unspecified atom stereocenters. The number of benzene rings is 2. The minimum atomic E-state index is -0.0294. The largest absolute Gasteiger partial charge is 0.326 e. The normalized spacial score (nSPS) is 11.0. The van der Waals surface area contributed by atoms with Crippen molar-refractivity contribution in [3.05, 3.63) is 75.8 Å². The molecular weight excluding hydrogens is 410 g/mol. The topological polar surface area (TPSA) is 46.4 Å². The van der Waals surface area contributed by atoms with Gasteiger partial charge in [-0.05, 0) is 36.8 Å². The highest BCUT2D eigenvalue weighted by atomic mass is 79.9. The number of fused-ring (bicyclic) bond motifs is 1. The van der Waals surface area contributed by atoms with E-state index in [9.17, 15) is 4.79 Å². The number of nitrogens with one attached hydrogen (secondary N) is 1. The maximum absolute atomic E-state index is 12.2. The summed E-state index contributed by atoms with van der Waals surface area (Å²) < 4.78 is 3.10. The molecule has 4 rings (SSSR count). The Morgan fingerprint density at radius 2 is 1.88 bits per heavy atom. The minimum Gasteiger partial charge on any atom is -0.326 e. The first-order valence-corrected chi connectivity index (χ1v) is 9.84. The molecule has 0 bridgehead atoms. The zero-order valence-corrected chi connectivity index (χ0v) is 16.5. The molecule has 4 nitrogen and oxygen atoms in total. The molecule has 6 heteroatoms. The first-order chi connectivity index (χ1) is 12.6. The van der Waals surface area contributed by atoms with Gasteiger partial charge in [0.2, 0.25) is 5.91 Å². The summed E-state index contributed by atoms with van der Waals surface area (Å²) in [5.74, 6) is -0.0294. The van der Waals surface area contributed by atoms with Crippen molar-refractivity contribution < 1.29 is 4.79 Å². The van der Waals surface area contributed by atoms with Crippen molar-refractivity contribution in [2.45, 2.75) is 13.3 Å². The molecule has 0 saturated heterocycles. The standard InChI is InChI=1S/C20H16BrN3OS/c1-13-12-26-20-23-18(11-24(13)20)15-4-8-17(9-5-15)22-19(25)10-14-2-6-16(21)7-3-14/h2-9,11-12H,10H2,1H3,(H,22,25). The van der Waals surface area contributed by atoms with Crippen LogP contribution in [-0.4, -0.2) is 15.3 Å². The molecule has 4 aromatic rings. The number of thiazole rings is 1. The summed E-state index contributed by atoms with van der Waals surface area (Å²) in [6.45, 7) is 2.07. The average Bonchev–Trinajstić information content (AvgIpc) is 3.20. The van der Waals surface area contributed by atoms with E-state index in [-0.39, 0.29) is 5.91 Å². The molecule has 2 heterocycles. The predicted molar refractivity (Wildman–Crippen MR) is 110 cm³/mol. The van der Waals surface area contributed by atoms with Gasteiger partial charge in [0.05, 0.1) is 12.1 Å². The van der Waals surface area contributed by atoms with Gasteiger partial charge in [0.25, 0.3) is 0 Å². The van der Waals surface area contributed by atoms with Crippen LogP contribution in [0, 0.1) is 6.92 Å². The summed E-state index contributed by atoms with van der Waals surface area (Å²) in [5, 5.41) is 5.03. The van der Waals surface area contributed by atoms with Gasteiger partial charge in [0.15, 0.2) is 4.96 Å². The molecule has 0 aliphatic heterocycles. The molecule has 0 aliphatic rings. The highest BCUT2D eigenvalue weighted by Crippen LogP contribution is 2.24. The number of carbonyl (C=O) groups excluding carboxylic acids is 1. The third-order valence-corrected chi connectivity index (χ3v) is 5.62. The average molecular weight is 426 g/mol. The van der Waals surface area contributed by atoms with Gasteiger partial charge in [0, 0.05) is 33.0 Å². The Morgan fingerprint density at radius 3 is 2.58 bits per heavy atom. The Labute approximate surface area is 163 Å². The molecule has 1 amide bonds. The number of halogens is 1. The van der Waals surface area contributed by atoms with E-state index in [0.717, 1.165) is 31.9 Å². The van der Waals surface area contributed by atoms with Crippen LogP contribution in [0.1, 0.15) is 11.3 Å². The molecule has 0 radical (unpaired) electrons. The zero-order valence-electron chi connectivity index (χ0n) is 14.1. The van der Waals surface area contributed by atoms with Crippen molar-refractivity contribution in [2.24, 2.45) is 0 Å². The lowest BCUT2D eigenvalue weighted by atomic mass is 10.1. The molecule has 1 N–H and O–H groups in total. The number of imidazole rings is 1. The lowest BCUT2D eigenvalue weighted by Gasteiger charge is -2.06. The van der Waals surface area contributed by atoms with Crippen LogP contribution >= 0.6 is 27.3 Å². The zero-order chi connectivity index (χ0) is 18.1. The van der Waals surface area contributed by atoms with Gasteiger partial charge in [-0.25, -0.2) is 4.98 Å². The monoisotopic (exact) mass is 425 g/mol. The number of hydrogen-bond acceptors (Lipinski definition) is 3. The molecular formula is C20H16BrN3OS. The fourth-order valence-electron chi connectivity index (χ4n) is 2.75. The lowest BCUT2D eigenvalue weighted by molar-refractivity contribution is -0.115. The van der Waals surface area contributed by atoms with E-state index < -0.39 is 0 Å². The summed E-state index contributed by atoms with van der Waals surface area (Å²) in [4.78, 5) is 17.8. The van der Waals surface area contributed by atoms with Gasteiger partial charge in [-0.2, -0.15) is 0 Å². The van der Waals surface area contributed by atoms with E-state index in [1.54, 1.807) is 11.3 Å². The van der Waals surface area contributed by atoms with Crippen molar-refractivity contribution in [1.82, 2.24) is 9.38 Å². The number of hydrogen-bond donors (Lipinski definition) is 1. The highest BCUT2D eigenvalue weighted by Gasteiger charge is 2.08. The molecule has 0 aliphatic carbocycles. The van der Waals surface area contributed by atoms with Crippen LogP contribution in [0.4, 0.5) is 5.69 Å². The third-order valence-electron chi connectivity index (χ3n) is 4.13. The molecule has 26 heavy (non-hydrogen) atoms. The van der Waals surface area contributed by atoms with Gasteiger partial charge in [-0.15, -0.1) is 11.3 Å². The van der Waals surface area contributed by atoms with Gasteiger partial charge >= 0.3 is 0 Å². The number of nitrogens with zero attached hydrogens (tertiary/aromatic N) is 2. The summed E-state index contributed by atoms with van der Waals surface area (Å²) in [6, 6.07) is 15.6. The fourth-order valence-corrected chi connectivity index (χ4v) is 3.87. The lowest BCUT2D eigenvalue weighted by Crippen LogP contribution is -2.14. The number of anilines is 1. The van der Waals surface area contributed by atoms with Crippen molar-refractivity contribution in [3.63, 3.8) is 0 Å². The third kappa shape index (κ3) is 3.57. The Hall–Kier alpha value is -2.44. The second kappa shape index (κ2) is 7.05. The summed E-state index contributed by atoms with van der Waals surface area (Å²) in [6.07, 6.45) is 2.40. The molecule has 0 fully saturated rings. The Kier molecular flexibility index (Phi) is 4.61.